The number of benzene rings is 1. The van der Waals surface area contributed by atoms with Crippen LogP contribution < -0.4 is 0 Å². The molecule has 1 saturated carbocycles. The van der Waals surface area contributed by atoms with E-state index in [2.05, 4.69) is 0 Å². The van der Waals surface area contributed by atoms with E-state index in [1.165, 1.54) is 22.7 Å². The Morgan fingerprint density at radius 3 is 2.81 bits per heavy atom. The van der Waals surface area contributed by atoms with Crippen molar-refractivity contribution in [3.8, 4) is 0 Å². The summed E-state index contributed by atoms with van der Waals surface area (Å²) < 4.78 is 19.9. The van der Waals surface area contributed by atoms with Gasteiger partial charge in [-0.25, -0.2) is 9.18 Å². The van der Waals surface area contributed by atoms with Crippen molar-refractivity contribution in [2.45, 2.75) is 44.8 Å². The number of hydrogen-bond acceptors (Lipinski definition) is 6. The summed E-state index contributed by atoms with van der Waals surface area (Å²) >= 11 is 1.41. The number of aliphatic imine (C=N–C) groups is 1. The summed E-state index contributed by atoms with van der Waals surface area (Å²) in [7, 11) is 1.57. The van der Waals surface area contributed by atoms with Gasteiger partial charge in [0.05, 0.1) is 10.5 Å². The van der Waals surface area contributed by atoms with Crippen LogP contribution in [0.2, 0.25) is 0 Å². The lowest BCUT2D eigenvalue weighted by atomic mass is 10.0. The van der Waals surface area contributed by atoms with Crippen LogP contribution in [0.1, 0.15) is 39.2 Å². The van der Waals surface area contributed by atoms with Crippen LogP contribution in [0.25, 0.3) is 0 Å². The number of nitro benzene ring substituents is 1. The van der Waals surface area contributed by atoms with Gasteiger partial charge in [-0.15, -0.1) is 0 Å². The molecule has 27 heavy (non-hydrogen) atoms. The molecule has 1 amide bonds. The van der Waals surface area contributed by atoms with Crippen LogP contribution in [0.5, 0.6) is 0 Å². The van der Waals surface area contributed by atoms with Crippen LogP contribution in [-0.2, 0) is 10.3 Å². The predicted molar refractivity (Wildman–Crippen MR) is 101 cm³/mol. The van der Waals surface area contributed by atoms with E-state index in [-0.39, 0.29) is 17.2 Å². The molecule has 2 unspecified atom stereocenters. The normalized spacial score (nSPS) is 24.3. The van der Waals surface area contributed by atoms with Gasteiger partial charge in [0.1, 0.15) is 11.4 Å². The maximum atomic E-state index is 14.5. The Bertz CT molecular complexity index is 823. The number of nitro groups is 1. The lowest BCUT2D eigenvalue weighted by Crippen LogP contribution is -2.37. The van der Waals surface area contributed by atoms with Crippen LogP contribution in [-0.4, -0.2) is 39.5 Å². The second-order valence-corrected chi connectivity index (χ2v) is 8.88. The van der Waals surface area contributed by atoms with Crippen LogP contribution in [0, 0.1) is 21.8 Å². The molecule has 0 N–H and O–H groups in total. The Morgan fingerprint density at radius 1 is 1.48 bits per heavy atom. The van der Waals surface area contributed by atoms with Gasteiger partial charge in [0.25, 0.3) is 5.69 Å². The standard InChI is InChI=1S/C18H22FN3O4S/c1-17(2,3)26-16(23)21(4)15-20-18(10-11(18)7-8-27-15)13-9-12(22(24)25)5-6-14(13)19/h5-6,9,11H,7-8,10H2,1-4H3. The van der Waals surface area contributed by atoms with Crippen LogP contribution in [0.4, 0.5) is 14.9 Å². The Balaban J connectivity index is 1.96. The number of nitrogens with zero attached hydrogens (tertiary/aromatic N) is 3. The minimum atomic E-state index is -0.856. The molecule has 0 radical (unpaired) electrons. The zero-order valence-corrected chi connectivity index (χ0v) is 16.5. The van der Waals surface area contributed by atoms with E-state index in [1.54, 1.807) is 27.8 Å². The highest BCUT2D eigenvalue weighted by molar-refractivity contribution is 8.13. The summed E-state index contributed by atoms with van der Waals surface area (Å²) in [6.45, 7) is 5.33. The maximum Gasteiger partial charge on any atom is 0.416 e. The van der Waals surface area contributed by atoms with E-state index >= 15 is 0 Å². The molecule has 1 aromatic rings. The first-order valence-electron chi connectivity index (χ1n) is 8.67. The Morgan fingerprint density at radius 2 is 2.19 bits per heavy atom. The van der Waals surface area contributed by atoms with Gasteiger partial charge in [-0.1, -0.05) is 11.8 Å². The van der Waals surface area contributed by atoms with Gasteiger partial charge in [0.15, 0.2) is 5.17 Å². The summed E-state index contributed by atoms with van der Waals surface area (Å²) in [4.78, 5) is 29.0. The lowest BCUT2D eigenvalue weighted by molar-refractivity contribution is -0.385. The average molecular weight is 395 g/mol. The van der Waals surface area contributed by atoms with Gasteiger partial charge in [-0.2, -0.15) is 0 Å². The van der Waals surface area contributed by atoms with Crippen molar-refractivity contribution in [2.24, 2.45) is 10.9 Å². The highest BCUT2D eigenvalue weighted by atomic mass is 32.2. The third-order valence-electron chi connectivity index (χ3n) is 4.65. The molecule has 1 aliphatic carbocycles. The van der Waals surface area contributed by atoms with E-state index in [0.717, 1.165) is 24.3 Å². The molecular weight excluding hydrogens is 373 g/mol. The molecule has 9 heteroatoms. The second-order valence-electron chi connectivity index (χ2n) is 7.82. The quantitative estimate of drug-likeness (QED) is 0.550. The molecule has 1 heterocycles. The molecular formula is C18H22FN3O4S. The van der Waals surface area contributed by atoms with Gasteiger partial charge in [-0.05, 0) is 45.6 Å². The van der Waals surface area contributed by atoms with Crippen LogP contribution in [0.15, 0.2) is 23.2 Å². The van der Waals surface area contributed by atoms with Gasteiger partial charge >= 0.3 is 6.09 Å². The van der Waals surface area contributed by atoms with Crippen LogP contribution >= 0.6 is 11.8 Å². The first-order chi connectivity index (χ1) is 12.5. The van der Waals surface area contributed by atoms with Crippen molar-refractivity contribution in [1.82, 2.24) is 4.90 Å². The highest BCUT2D eigenvalue weighted by Gasteiger charge is 2.58. The number of thioether (sulfide) groups is 1. The smallest absolute Gasteiger partial charge is 0.416 e. The zero-order valence-electron chi connectivity index (χ0n) is 15.7. The minimum absolute atomic E-state index is 0.103. The number of amidine groups is 1. The number of non-ortho nitro benzene ring substituents is 1. The first-order valence-corrected chi connectivity index (χ1v) is 9.66. The third-order valence-corrected chi connectivity index (χ3v) is 5.71. The summed E-state index contributed by atoms with van der Waals surface area (Å²) in [6.07, 6.45) is 0.863. The van der Waals surface area contributed by atoms with E-state index in [9.17, 15) is 19.3 Å². The van der Waals surface area contributed by atoms with Gasteiger partial charge in [0.2, 0.25) is 0 Å². The Labute approximate surface area is 161 Å². The molecule has 0 bridgehead atoms. The van der Waals surface area contributed by atoms with Crippen molar-refractivity contribution < 1.29 is 18.8 Å². The molecule has 3 rings (SSSR count). The van der Waals surface area contributed by atoms with Gasteiger partial charge < -0.3 is 4.74 Å². The van der Waals surface area contributed by atoms with Crippen molar-refractivity contribution >= 4 is 28.7 Å². The van der Waals surface area contributed by atoms with E-state index in [0.29, 0.717) is 11.6 Å². The Hall–Kier alpha value is -2.16. The maximum absolute atomic E-state index is 14.5. The fourth-order valence-corrected chi connectivity index (χ4v) is 4.30. The number of hydrogen-bond donors (Lipinski definition) is 0. The molecule has 7 nitrogen and oxygen atoms in total. The summed E-state index contributed by atoms with van der Waals surface area (Å²) in [5.41, 5.74) is -1.45. The molecule has 0 saturated heterocycles. The molecule has 146 valence electrons. The number of carbonyl (C=O) groups excluding carboxylic acids is 1. The summed E-state index contributed by atoms with van der Waals surface area (Å²) in [6, 6.07) is 3.53. The largest absolute Gasteiger partial charge is 0.443 e. The highest BCUT2D eigenvalue weighted by Crippen LogP contribution is 2.60. The fourth-order valence-electron chi connectivity index (χ4n) is 3.22. The average Bonchev–Trinajstić information content (AvgIpc) is 3.26. The molecule has 2 aliphatic rings. The van der Waals surface area contributed by atoms with Gasteiger partial charge in [-0.3, -0.25) is 20.0 Å². The van der Waals surface area contributed by atoms with Gasteiger partial charge in [0, 0.05) is 30.5 Å². The van der Waals surface area contributed by atoms with Crippen LogP contribution in [0.3, 0.4) is 0 Å². The number of amides is 1. The number of rotatable bonds is 2. The van der Waals surface area contributed by atoms with Crippen molar-refractivity contribution in [2.75, 3.05) is 12.8 Å². The van der Waals surface area contributed by atoms with Crippen molar-refractivity contribution in [1.29, 1.82) is 0 Å². The molecule has 1 aliphatic heterocycles. The molecule has 0 aromatic heterocycles. The minimum Gasteiger partial charge on any atom is -0.443 e. The zero-order chi connectivity index (χ0) is 20.0. The van der Waals surface area contributed by atoms with E-state index in [4.69, 9.17) is 9.73 Å². The first kappa shape index (κ1) is 19.6. The predicted octanol–water partition coefficient (Wildman–Crippen LogP) is 4.31. The lowest BCUT2D eigenvalue weighted by Gasteiger charge is -2.25. The summed E-state index contributed by atoms with van der Waals surface area (Å²) in [5.74, 6) is 0.318. The molecule has 1 fully saturated rings. The molecule has 2 atom stereocenters. The Kier molecular flexibility index (Phi) is 4.92. The third kappa shape index (κ3) is 3.92. The summed E-state index contributed by atoms with van der Waals surface area (Å²) in [5, 5.41) is 11.5. The SMILES string of the molecule is CN(C(=O)OC(C)(C)C)C1=NC2(c3cc([N+](=O)[O-])ccc3F)CC2CCS1. The number of halogens is 1. The second kappa shape index (κ2) is 6.78. The van der Waals surface area contributed by atoms with Crippen molar-refractivity contribution in [3.63, 3.8) is 0 Å². The number of fused-ring (bicyclic) bond motifs is 1. The van der Waals surface area contributed by atoms with E-state index in [1.807, 2.05) is 0 Å². The van der Waals surface area contributed by atoms with E-state index < -0.39 is 28.0 Å². The van der Waals surface area contributed by atoms with Crippen molar-refractivity contribution in [3.05, 3.63) is 39.7 Å². The molecule has 0 spiro atoms. The number of carbonyl (C=O) groups is 1. The fraction of sp³-hybridized carbons (Fsp3) is 0.556. The molecule has 1 aromatic carbocycles. The number of ether oxygens (including phenoxy) is 1. The topological polar surface area (TPSA) is 85.0 Å². The monoisotopic (exact) mass is 395 g/mol.